The van der Waals surface area contributed by atoms with Gasteiger partial charge in [-0.1, -0.05) is 57.0 Å². The fraction of sp³-hybridized carbons (Fsp3) is 0.550. The highest BCUT2D eigenvalue weighted by Crippen LogP contribution is 2.33. The van der Waals surface area contributed by atoms with Crippen molar-refractivity contribution in [3.63, 3.8) is 0 Å². The van der Waals surface area contributed by atoms with Crippen LogP contribution in [0.4, 0.5) is 18.0 Å². The van der Waals surface area contributed by atoms with Crippen molar-refractivity contribution in [3.8, 4) is 0 Å². The molecule has 0 saturated carbocycles. The van der Waals surface area contributed by atoms with Gasteiger partial charge in [0.2, 0.25) is 0 Å². The molecule has 0 unspecified atom stereocenters. The van der Waals surface area contributed by atoms with Crippen LogP contribution in [0, 0.1) is 0 Å². The summed E-state index contributed by atoms with van der Waals surface area (Å²) in [6.07, 6.45) is 2.72. The highest BCUT2D eigenvalue weighted by Gasteiger charge is 2.49. The fourth-order valence-corrected chi connectivity index (χ4v) is 3.89. The Morgan fingerprint density at radius 1 is 1.13 bits per heavy atom. The summed E-state index contributed by atoms with van der Waals surface area (Å²) in [4.78, 5) is 14.3. The summed E-state index contributed by atoms with van der Waals surface area (Å²) in [6, 6.07) is 7.94. The van der Waals surface area contributed by atoms with Crippen LogP contribution < -0.4 is 0 Å². The molecule has 0 fully saturated rings. The Hall–Kier alpha value is -2.23. The first-order chi connectivity index (χ1) is 14.1. The van der Waals surface area contributed by atoms with Gasteiger partial charge in [-0.05, 0) is 24.5 Å². The number of halogens is 3. The second-order valence-corrected chi connectivity index (χ2v) is 8.60. The molecule has 1 aromatic carbocycles. The molecule has 0 aromatic heterocycles. The molecule has 1 amide bonds. The average Bonchev–Trinajstić information content (AvgIpc) is 2.66. The lowest BCUT2D eigenvalue weighted by atomic mass is 9.95. The molecular formula is C20H26F3NO5S. The Morgan fingerprint density at radius 2 is 1.77 bits per heavy atom. The highest BCUT2D eigenvalue weighted by atomic mass is 32.2. The van der Waals surface area contributed by atoms with Crippen LogP contribution in [0.5, 0.6) is 0 Å². The molecular weight excluding hydrogens is 423 g/mol. The molecule has 1 heterocycles. The lowest BCUT2D eigenvalue weighted by Crippen LogP contribution is -2.49. The van der Waals surface area contributed by atoms with Gasteiger partial charge in [0.1, 0.15) is 12.4 Å². The Bertz CT molecular complexity index is 840. The third-order valence-electron chi connectivity index (χ3n) is 4.69. The predicted octanol–water partition coefficient (Wildman–Crippen LogP) is 5.12. The van der Waals surface area contributed by atoms with E-state index in [0.717, 1.165) is 5.56 Å². The van der Waals surface area contributed by atoms with Crippen molar-refractivity contribution in [1.82, 2.24) is 4.90 Å². The molecule has 1 aliphatic rings. The van der Waals surface area contributed by atoms with Crippen LogP contribution in [0.3, 0.4) is 0 Å². The second-order valence-electron chi connectivity index (χ2n) is 7.07. The number of carbonyl (C=O) groups excluding carboxylic acids is 1. The van der Waals surface area contributed by atoms with Gasteiger partial charge in [-0.2, -0.15) is 21.6 Å². The second kappa shape index (κ2) is 10.2. The molecule has 0 N–H and O–H groups in total. The third kappa shape index (κ3) is 6.13. The maximum atomic E-state index is 12.8. The molecule has 10 heteroatoms. The molecule has 0 bridgehead atoms. The number of carbonyl (C=O) groups is 1. The molecule has 0 saturated heterocycles. The normalized spacial score (nSPS) is 19.9. The van der Waals surface area contributed by atoms with Gasteiger partial charge in [-0.25, -0.2) is 4.79 Å². The van der Waals surface area contributed by atoms with Gasteiger partial charge < -0.3 is 8.92 Å². The maximum Gasteiger partial charge on any atom is 0.534 e. The van der Waals surface area contributed by atoms with Crippen LogP contribution in [0.1, 0.15) is 51.5 Å². The first-order valence-corrected chi connectivity index (χ1v) is 11.2. The zero-order chi connectivity index (χ0) is 22.4. The summed E-state index contributed by atoms with van der Waals surface area (Å²) in [5.41, 5.74) is -4.71. The number of amides is 1. The van der Waals surface area contributed by atoms with Gasteiger partial charge in [0.15, 0.2) is 0 Å². The van der Waals surface area contributed by atoms with Crippen molar-refractivity contribution in [3.05, 3.63) is 47.7 Å². The summed E-state index contributed by atoms with van der Waals surface area (Å²) in [6.45, 7) is 3.79. The van der Waals surface area contributed by atoms with Crippen LogP contribution in [-0.2, 0) is 25.6 Å². The van der Waals surface area contributed by atoms with E-state index in [9.17, 15) is 26.4 Å². The SMILES string of the molecule is CCC[C@H]1CC(OS(=O)(=O)C(F)(F)F)=C[C@@H](CCC)N1C(=O)OCc1ccccc1. The summed E-state index contributed by atoms with van der Waals surface area (Å²) in [5.74, 6) is -0.295. The molecule has 0 aliphatic carbocycles. The van der Waals surface area contributed by atoms with Gasteiger partial charge >= 0.3 is 21.7 Å². The minimum atomic E-state index is -5.76. The van der Waals surface area contributed by atoms with E-state index in [0.29, 0.717) is 25.7 Å². The molecule has 168 valence electrons. The number of rotatable bonds is 8. The fourth-order valence-electron chi connectivity index (χ4n) is 3.39. The first kappa shape index (κ1) is 24.0. The lowest BCUT2D eigenvalue weighted by molar-refractivity contribution is -0.0528. The summed E-state index contributed by atoms with van der Waals surface area (Å²) in [7, 11) is -5.76. The number of hydrogen-bond acceptors (Lipinski definition) is 5. The van der Waals surface area contributed by atoms with Crippen molar-refractivity contribution in [2.45, 2.75) is 70.2 Å². The van der Waals surface area contributed by atoms with E-state index in [1.165, 1.54) is 11.0 Å². The molecule has 1 aromatic rings. The van der Waals surface area contributed by atoms with E-state index >= 15 is 0 Å². The minimum absolute atomic E-state index is 0.0589. The smallest absolute Gasteiger partial charge is 0.445 e. The highest BCUT2D eigenvalue weighted by molar-refractivity contribution is 7.87. The van der Waals surface area contributed by atoms with E-state index in [2.05, 4.69) is 4.18 Å². The van der Waals surface area contributed by atoms with E-state index in [-0.39, 0.29) is 18.8 Å². The standard InChI is InChI=1S/C20H26F3NO5S/c1-3-8-16-12-18(29-30(26,27)20(21,22)23)13-17(9-4-2)24(16)19(25)28-14-15-10-6-5-7-11-15/h5-7,10-12,16-17H,3-4,8-9,13-14H2,1-2H3/t16-,17+/m1/s1. The Kier molecular flexibility index (Phi) is 8.17. The van der Waals surface area contributed by atoms with Crippen molar-refractivity contribution >= 4 is 16.2 Å². The Labute approximate surface area is 174 Å². The Morgan fingerprint density at radius 3 is 2.33 bits per heavy atom. The minimum Gasteiger partial charge on any atom is -0.445 e. The van der Waals surface area contributed by atoms with Gasteiger partial charge in [0, 0.05) is 12.5 Å². The van der Waals surface area contributed by atoms with Crippen molar-refractivity contribution in [1.29, 1.82) is 0 Å². The molecule has 2 rings (SSSR count). The summed E-state index contributed by atoms with van der Waals surface area (Å²) < 4.78 is 70.8. The topological polar surface area (TPSA) is 72.9 Å². The number of alkyl halides is 3. The third-order valence-corrected chi connectivity index (χ3v) is 5.69. The van der Waals surface area contributed by atoms with Crippen LogP contribution >= 0.6 is 0 Å². The van der Waals surface area contributed by atoms with Crippen molar-refractivity contribution in [2.24, 2.45) is 0 Å². The van der Waals surface area contributed by atoms with Gasteiger partial charge in [0.25, 0.3) is 0 Å². The zero-order valence-corrected chi connectivity index (χ0v) is 17.7. The van der Waals surface area contributed by atoms with Crippen LogP contribution in [-0.4, -0.2) is 37.0 Å². The van der Waals surface area contributed by atoms with Crippen molar-refractivity contribution < 1.29 is 35.3 Å². The molecule has 2 atom stereocenters. The van der Waals surface area contributed by atoms with Crippen LogP contribution in [0.2, 0.25) is 0 Å². The number of nitrogens with zero attached hydrogens (tertiary/aromatic N) is 1. The molecule has 1 aliphatic heterocycles. The zero-order valence-electron chi connectivity index (χ0n) is 16.9. The van der Waals surface area contributed by atoms with E-state index < -0.39 is 33.8 Å². The van der Waals surface area contributed by atoms with Crippen molar-refractivity contribution in [2.75, 3.05) is 0 Å². The molecule has 6 nitrogen and oxygen atoms in total. The predicted molar refractivity (Wildman–Crippen MR) is 105 cm³/mol. The van der Waals surface area contributed by atoms with Gasteiger partial charge in [0.05, 0.1) is 6.04 Å². The number of benzene rings is 1. The first-order valence-electron chi connectivity index (χ1n) is 9.79. The largest absolute Gasteiger partial charge is 0.534 e. The van der Waals surface area contributed by atoms with Gasteiger partial charge in [-0.3, -0.25) is 4.90 Å². The van der Waals surface area contributed by atoms with E-state index in [1.54, 1.807) is 0 Å². The lowest BCUT2D eigenvalue weighted by Gasteiger charge is -2.40. The monoisotopic (exact) mass is 449 g/mol. The number of ether oxygens (including phenoxy) is 1. The average molecular weight is 449 g/mol. The van der Waals surface area contributed by atoms with E-state index in [4.69, 9.17) is 4.74 Å². The number of hydrogen-bond donors (Lipinski definition) is 0. The van der Waals surface area contributed by atoms with Crippen LogP contribution in [0.25, 0.3) is 0 Å². The maximum absolute atomic E-state index is 12.8. The molecule has 0 spiro atoms. The van der Waals surface area contributed by atoms with E-state index in [1.807, 2.05) is 44.2 Å². The van der Waals surface area contributed by atoms with Crippen LogP contribution in [0.15, 0.2) is 42.2 Å². The quantitative estimate of drug-likeness (QED) is 0.407. The van der Waals surface area contributed by atoms with Gasteiger partial charge in [-0.15, -0.1) is 0 Å². The summed E-state index contributed by atoms with van der Waals surface area (Å²) >= 11 is 0. The summed E-state index contributed by atoms with van der Waals surface area (Å²) in [5, 5.41) is 0. The molecule has 0 radical (unpaired) electrons. The Balaban J connectivity index is 2.24. The molecule has 30 heavy (non-hydrogen) atoms.